The van der Waals surface area contributed by atoms with Crippen LogP contribution in [-0.4, -0.2) is 13.2 Å². The highest BCUT2D eigenvalue weighted by molar-refractivity contribution is 5.18. The molecule has 0 N–H and O–H groups in total. The second-order valence-corrected chi connectivity index (χ2v) is 6.16. The second-order valence-electron chi connectivity index (χ2n) is 6.16. The summed E-state index contributed by atoms with van der Waals surface area (Å²) in [5, 5.41) is 0. The minimum atomic E-state index is 0.421. The van der Waals surface area contributed by atoms with E-state index in [1.807, 2.05) is 7.11 Å². The summed E-state index contributed by atoms with van der Waals surface area (Å²) in [5.41, 5.74) is 1.63. The highest BCUT2D eigenvalue weighted by atomic mass is 16.5. The molecular formula is C15H26O. The van der Waals surface area contributed by atoms with E-state index < -0.39 is 0 Å². The molecule has 0 aromatic rings. The highest BCUT2D eigenvalue weighted by Gasteiger charge is 2.43. The number of rotatable bonds is 3. The Balaban J connectivity index is 2.16. The third-order valence-corrected chi connectivity index (χ3v) is 5.03. The average molecular weight is 222 g/mol. The molecule has 1 saturated carbocycles. The van der Waals surface area contributed by atoms with Crippen molar-refractivity contribution in [3.63, 3.8) is 0 Å². The third kappa shape index (κ3) is 1.95. The molecule has 0 saturated heterocycles. The number of hydrogen-bond acceptors (Lipinski definition) is 1. The molecule has 0 aromatic carbocycles. The van der Waals surface area contributed by atoms with Crippen molar-refractivity contribution in [1.29, 1.82) is 0 Å². The molecule has 0 amide bonds. The lowest BCUT2D eigenvalue weighted by atomic mass is 9.57. The Bertz CT molecular complexity index is 279. The summed E-state index contributed by atoms with van der Waals surface area (Å²) in [6, 6.07) is 0. The highest BCUT2D eigenvalue weighted by Crippen LogP contribution is 2.51. The zero-order valence-corrected chi connectivity index (χ0v) is 11.4. The predicted octanol–water partition coefficient (Wildman–Crippen LogP) is 3.90. The van der Waals surface area contributed by atoms with Crippen LogP contribution in [0.1, 0.15) is 40.5 Å². The molecule has 3 rings (SSSR count). The summed E-state index contributed by atoms with van der Waals surface area (Å²) >= 11 is 0. The van der Waals surface area contributed by atoms with E-state index in [0.717, 1.165) is 29.6 Å². The molecule has 0 aromatic heterocycles. The van der Waals surface area contributed by atoms with Crippen LogP contribution in [0.3, 0.4) is 0 Å². The summed E-state index contributed by atoms with van der Waals surface area (Å²) in [7, 11) is 1.85. The van der Waals surface area contributed by atoms with E-state index in [4.69, 9.17) is 4.74 Å². The fourth-order valence-corrected chi connectivity index (χ4v) is 3.93. The molecule has 0 aliphatic heterocycles. The molecule has 3 aliphatic rings. The maximum Gasteiger partial charge on any atom is 0.0577 e. The number of allylic oxidation sites excluding steroid dienone is 2. The zero-order chi connectivity index (χ0) is 11.9. The maximum absolute atomic E-state index is 5.56. The van der Waals surface area contributed by atoms with Crippen LogP contribution in [0, 0.1) is 29.6 Å². The fraction of sp³-hybridized carbons (Fsp3) is 0.867. The Hall–Kier alpha value is -0.300. The van der Waals surface area contributed by atoms with E-state index in [-0.39, 0.29) is 0 Å². The summed E-state index contributed by atoms with van der Waals surface area (Å²) in [6.45, 7) is 9.32. The molecule has 2 bridgehead atoms. The number of fused-ring (bicyclic) bond motifs is 2. The van der Waals surface area contributed by atoms with Gasteiger partial charge < -0.3 is 4.74 Å². The van der Waals surface area contributed by atoms with Crippen molar-refractivity contribution in [3.05, 3.63) is 11.6 Å². The Morgan fingerprint density at radius 1 is 1.19 bits per heavy atom. The molecule has 0 spiro atoms. The molecule has 92 valence electrons. The third-order valence-electron chi connectivity index (χ3n) is 5.03. The van der Waals surface area contributed by atoms with Gasteiger partial charge in [0.15, 0.2) is 0 Å². The van der Waals surface area contributed by atoms with Gasteiger partial charge in [-0.25, -0.2) is 0 Å². The van der Waals surface area contributed by atoms with Crippen LogP contribution >= 0.6 is 0 Å². The van der Waals surface area contributed by atoms with E-state index in [1.54, 1.807) is 5.57 Å². The molecule has 1 nitrogen and oxygen atoms in total. The minimum absolute atomic E-state index is 0.421. The number of methoxy groups -OCH3 is 1. The van der Waals surface area contributed by atoms with Gasteiger partial charge in [-0.3, -0.25) is 0 Å². The molecular weight excluding hydrogens is 196 g/mol. The average Bonchev–Trinajstić information content (AvgIpc) is 2.27. The summed E-state index contributed by atoms with van der Waals surface area (Å²) in [4.78, 5) is 0. The normalized spacial score (nSPS) is 40.0. The van der Waals surface area contributed by atoms with Gasteiger partial charge in [0.25, 0.3) is 0 Å². The summed E-state index contributed by atoms with van der Waals surface area (Å²) in [5.74, 6) is 4.10. The monoisotopic (exact) mass is 222 g/mol. The van der Waals surface area contributed by atoms with E-state index in [0.29, 0.717) is 6.10 Å². The van der Waals surface area contributed by atoms with Crippen LogP contribution in [0.2, 0.25) is 0 Å². The van der Waals surface area contributed by atoms with Gasteiger partial charge in [-0.05, 0) is 56.3 Å². The molecule has 0 radical (unpaired) electrons. The molecule has 1 heteroatoms. The standard InChI is InChI=1S/C15H26O/c1-9(2)13-8-14-10(3)6-12(13)7-15(14)11(4)16-5/h6,9,11-15H,7-8H2,1-5H3. The number of ether oxygens (including phenoxy) is 1. The molecule has 0 heterocycles. The summed E-state index contributed by atoms with van der Waals surface area (Å²) in [6.07, 6.45) is 5.71. The van der Waals surface area contributed by atoms with Crippen molar-refractivity contribution < 1.29 is 4.74 Å². The smallest absolute Gasteiger partial charge is 0.0577 e. The zero-order valence-electron chi connectivity index (χ0n) is 11.4. The lowest BCUT2D eigenvalue weighted by molar-refractivity contribution is -0.00674. The molecule has 16 heavy (non-hydrogen) atoms. The van der Waals surface area contributed by atoms with Crippen molar-refractivity contribution >= 4 is 0 Å². The second kappa shape index (κ2) is 4.52. The molecule has 5 atom stereocenters. The first-order chi connectivity index (χ1) is 7.54. The first-order valence-corrected chi connectivity index (χ1v) is 6.75. The minimum Gasteiger partial charge on any atom is -0.381 e. The van der Waals surface area contributed by atoms with Gasteiger partial charge in [-0.15, -0.1) is 0 Å². The van der Waals surface area contributed by atoms with E-state index >= 15 is 0 Å². The van der Waals surface area contributed by atoms with Crippen LogP contribution < -0.4 is 0 Å². The van der Waals surface area contributed by atoms with Gasteiger partial charge >= 0.3 is 0 Å². The Kier molecular flexibility index (Phi) is 3.44. The van der Waals surface area contributed by atoms with Gasteiger partial charge in [-0.2, -0.15) is 0 Å². The quantitative estimate of drug-likeness (QED) is 0.658. The van der Waals surface area contributed by atoms with E-state index in [9.17, 15) is 0 Å². The molecule has 3 aliphatic carbocycles. The van der Waals surface area contributed by atoms with Crippen LogP contribution in [0.15, 0.2) is 11.6 Å². The Morgan fingerprint density at radius 2 is 1.88 bits per heavy atom. The SMILES string of the molecule is COC(C)C1CC2C=C(C)C1CC2C(C)C. The lowest BCUT2D eigenvalue weighted by Crippen LogP contribution is -2.42. The van der Waals surface area contributed by atoms with Gasteiger partial charge in [0.05, 0.1) is 6.10 Å². The van der Waals surface area contributed by atoms with E-state index in [2.05, 4.69) is 33.8 Å². The predicted molar refractivity (Wildman–Crippen MR) is 68.3 cm³/mol. The van der Waals surface area contributed by atoms with Crippen molar-refractivity contribution in [2.75, 3.05) is 7.11 Å². The van der Waals surface area contributed by atoms with Crippen LogP contribution in [0.4, 0.5) is 0 Å². The first-order valence-electron chi connectivity index (χ1n) is 6.75. The van der Waals surface area contributed by atoms with Crippen molar-refractivity contribution in [2.24, 2.45) is 29.6 Å². The van der Waals surface area contributed by atoms with Gasteiger partial charge in [0, 0.05) is 7.11 Å². The van der Waals surface area contributed by atoms with Crippen LogP contribution in [-0.2, 0) is 4.74 Å². The van der Waals surface area contributed by atoms with Crippen molar-refractivity contribution in [3.8, 4) is 0 Å². The Morgan fingerprint density at radius 3 is 2.38 bits per heavy atom. The fourth-order valence-electron chi connectivity index (χ4n) is 3.93. The van der Waals surface area contributed by atoms with Gasteiger partial charge in [-0.1, -0.05) is 25.5 Å². The lowest BCUT2D eigenvalue weighted by Gasteiger charge is -2.49. The maximum atomic E-state index is 5.56. The van der Waals surface area contributed by atoms with Crippen molar-refractivity contribution in [2.45, 2.75) is 46.6 Å². The molecule has 5 unspecified atom stereocenters. The van der Waals surface area contributed by atoms with Crippen LogP contribution in [0.25, 0.3) is 0 Å². The Labute approximate surface area is 100 Å². The number of hydrogen-bond donors (Lipinski definition) is 0. The largest absolute Gasteiger partial charge is 0.381 e. The topological polar surface area (TPSA) is 9.23 Å². The molecule has 1 fully saturated rings. The van der Waals surface area contributed by atoms with Crippen molar-refractivity contribution in [1.82, 2.24) is 0 Å². The van der Waals surface area contributed by atoms with Crippen LogP contribution in [0.5, 0.6) is 0 Å². The van der Waals surface area contributed by atoms with Gasteiger partial charge in [0.1, 0.15) is 0 Å². The van der Waals surface area contributed by atoms with Gasteiger partial charge in [0.2, 0.25) is 0 Å². The summed E-state index contributed by atoms with van der Waals surface area (Å²) < 4.78 is 5.56. The first kappa shape index (κ1) is 12.2. The van der Waals surface area contributed by atoms with E-state index in [1.165, 1.54) is 12.8 Å².